The number of nitrogens with two attached hydrogens (primary N) is 1. The molecule has 0 unspecified atom stereocenters. The molecule has 0 radical (unpaired) electrons. The Morgan fingerprint density at radius 1 is 1.30 bits per heavy atom. The third-order valence-corrected chi connectivity index (χ3v) is 5.17. The first-order valence-electron chi connectivity index (χ1n) is 9.49. The summed E-state index contributed by atoms with van der Waals surface area (Å²) in [5.41, 5.74) is 8.08. The van der Waals surface area contributed by atoms with Gasteiger partial charge in [0.15, 0.2) is 17.6 Å². The second kappa shape index (κ2) is 6.74. The van der Waals surface area contributed by atoms with Gasteiger partial charge in [0.1, 0.15) is 30.2 Å². The summed E-state index contributed by atoms with van der Waals surface area (Å²) in [5.74, 6) is 1.55. The number of pyridine rings is 2. The zero-order valence-corrected chi connectivity index (χ0v) is 16.2. The topological polar surface area (TPSA) is 107 Å². The van der Waals surface area contributed by atoms with Gasteiger partial charge < -0.3 is 15.2 Å². The van der Waals surface area contributed by atoms with Gasteiger partial charge in [-0.25, -0.2) is 4.57 Å². The molecule has 1 aliphatic rings. The monoisotopic (exact) mass is 400 g/mol. The highest BCUT2D eigenvalue weighted by atomic mass is 16.6. The Labute approximate surface area is 171 Å². The largest absolute Gasteiger partial charge is 0.486 e. The zero-order valence-electron chi connectivity index (χ0n) is 16.2. The number of benzene rings is 1. The number of aryl methyl sites for hydroxylation is 1. The number of rotatable bonds is 2. The van der Waals surface area contributed by atoms with E-state index in [1.165, 1.54) is 10.5 Å². The van der Waals surface area contributed by atoms with Gasteiger partial charge in [0.25, 0.3) is 11.2 Å². The first-order valence-corrected chi connectivity index (χ1v) is 9.49. The summed E-state index contributed by atoms with van der Waals surface area (Å²) >= 11 is 0. The van der Waals surface area contributed by atoms with E-state index >= 15 is 0 Å². The number of nitriles is 1. The van der Waals surface area contributed by atoms with Crippen LogP contribution in [0.1, 0.15) is 11.1 Å². The standard InChI is InChI=1S/C22H17N5O3/c1-13-6-7-19-25-21-16(22(28)26(19)10-13)8-14(9-23)20(24)27(21)11-15-12-29-17-4-2-3-5-18(17)30-15/h2-8,10,15,24H,11-12H2,1H3/p+1/t15-/m0/s1. The highest BCUT2D eigenvalue weighted by molar-refractivity contribution is 5.76. The maximum Gasteiger partial charge on any atom is 0.278 e. The number of aromatic nitrogens is 3. The Morgan fingerprint density at radius 2 is 2.10 bits per heavy atom. The molecule has 0 bridgehead atoms. The van der Waals surface area contributed by atoms with Crippen LogP contribution in [0.2, 0.25) is 0 Å². The van der Waals surface area contributed by atoms with Gasteiger partial charge in [0, 0.05) is 6.20 Å². The molecule has 0 amide bonds. The lowest BCUT2D eigenvalue weighted by atomic mass is 10.2. The van der Waals surface area contributed by atoms with Crippen LogP contribution in [-0.4, -0.2) is 22.1 Å². The molecule has 4 heterocycles. The summed E-state index contributed by atoms with van der Waals surface area (Å²) in [5, 5.41) is 9.88. The molecule has 8 nitrogen and oxygen atoms in total. The number of anilines is 1. The summed E-state index contributed by atoms with van der Waals surface area (Å²) in [4.78, 5) is 17.8. The number of nitrogens with zero attached hydrogens (tertiary/aromatic N) is 4. The first kappa shape index (κ1) is 17.9. The number of hydrogen-bond acceptors (Lipinski definition) is 6. The van der Waals surface area contributed by atoms with Crippen molar-refractivity contribution >= 4 is 22.5 Å². The van der Waals surface area contributed by atoms with Crippen LogP contribution in [0.15, 0.2) is 53.5 Å². The number of nitrogen functional groups attached to an aromatic ring is 1. The van der Waals surface area contributed by atoms with Gasteiger partial charge >= 0.3 is 0 Å². The molecule has 0 aliphatic carbocycles. The Balaban J connectivity index is 1.68. The van der Waals surface area contributed by atoms with Gasteiger partial charge in [-0.15, -0.1) is 0 Å². The van der Waals surface area contributed by atoms with E-state index in [0.717, 1.165) is 5.56 Å². The molecule has 0 spiro atoms. The quantitative estimate of drug-likeness (QED) is 0.406. The zero-order chi connectivity index (χ0) is 20.8. The smallest absolute Gasteiger partial charge is 0.278 e. The molecule has 2 N–H and O–H groups in total. The average molecular weight is 400 g/mol. The van der Waals surface area contributed by atoms with Crippen LogP contribution in [0.4, 0.5) is 5.82 Å². The summed E-state index contributed by atoms with van der Waals surface area (Å²) in [6, 6.07) is 14.7. The van der Waals surface area contributed by atoms with Crippen molar-refractivity contribution in [2.45, 2.75) is 19.6 Å². The molecule has 0 saturated carbocycles. The minimum absolute atomic E-state index is 0.214. The molecule has 0 fully saturated rings. The Morgan fingerprint density at radius 3 is 2.90 bits per heavy atom. The van der Waals surface area contributed by atoms with Crippen molar-refractivity contribution in [3.05, 3.63) is 70.1 Å². The van der Waals surface area contributed by atoms with Crippen molar-refractivity contribution in [1.29, 1.82) is 5.26 Å². The third kappa shape index (κ3) is 2.79. The maximum absolute atomic E-state index is 13.1. The lowest BCUT2D eigenvalue weighted by Gasteiger charge is -2.26. The average Bonchev–Trinajstić information content (AvgIpc) is 2.76. The Kier molecular flexibility index (Phi) is 4.03. The number of ether oxygens (including phenoxy) is 2. The van der Waals surface area contributed by atoms with E-state index in [1.807, 2.05) is 37.3 Å². The van der Waals surface area contributed by atoms with E-state index in [9.17, 15) is 10.1 Å². The summed E-state index contributed by atoms with van der Waals surface area (Å²) in [6.45, 7) is 2.49. The third-order valence-electron chi connectivity index (χ3n) is 5.17. The highest BCUT2D eigenvalue weighted by Gasteiger charge is 2.27. The van der Waals surface area contributed by atoms with E-state index in [4.69, 9.17) is 15.2 Å². The van der Waals surface area contributed by atoms with Crippen LogP contribution in [0.25, 0.3) is 16.7 Å². The lowest BCUT2D eigenvalue weighted by molar-refractivity contribution is -0.665. The van der Waals surface area contributed by atoms with E-state index in [0.29, 0.717) is 34.8 Å². The molecule has 0 saturated heterocycles. The number of fused-ring (bicyclic) bond motifs is 3. The molecule has 1 aliphatic heterocycles. The van der Waals surface area contributed by atoms with E-state index in [1.54, 1.807) is 16.8 Å². The highest BCUT2D eigenvalue weighted by Crippen LogP contribution is 2.31. The molecular formula is C22H18N5O3+. The van der Waals surface area contributed by atoms with Crippen molar-refractivity contribution in [3.63, 3.8) is 0 Å². The van der Waals surface area contributed by atoms with Crippen molar-refractivity contribution in [2.24, 2.45) is 0 Å². The predicted octanol–water partition coefficient (Wildman–Crippen LogP) is 1.74. The molecular weight excluding hydrogens is 382 g/mol. The molecule has 148 valence electrons. The molecule has 8 heteroatoms. The fourth-order valence-corrected chi connectivity index (χ4v) is 3.69. The molecule has 5 rings (SSSR count). The fraction of sp³-hybridized carbons (Fsp3) is 0.182. The fourth-order valence-electron chi connectivity index (χ4n) is 3.69. The van der Waals surface area contributed by atoms with Gasteiger partial charge in [-0.05, 0) is 36.8 Å². The van der Waals surface area contributed by atoms with E-state index in [2.05, 4.69) is 11.1 Å². The van der Waals surface area contributed by atoms with E-state index in [-0.39, 0.29) is 29.6 Å². The first-order chi connectivity index (χ1) is 14.5. The van der Waals surface area contributed by atoms with Crippen LogP contribution in [0.5, 0.6) is 11.5 Å². The van der Waals surface area contributed by atoms with Crippen LogP contribution in [-0.2, 0) is 6.54 Å². The second-order valence-corrected chi connectivity index (χ2v) is 7.25. The van der Waals surface area contributed by atoms with Crippen LogP contribution < -0.4 is 25.3 Å². The van der Waals surface area contributed by atoms with E-state index < -0.39 is 0 Å². The van der Waals surface area contributed by atoms with Gasteiger partial charge in [-0.2, -0.15) is 5.26 Å². The van der Waals surface area contributed by atoms with Crippen molar-refractivity contribution in [3.8, 4) is 17.6 Å². The maximum atomic E-state index is 13.1. The van der Waals surface area contributed by atoms with Gasteiger partial charge in [-0.3, -0.25) is 9.20 Å². The normalized spacial score (nSPS) is 15.3. The van der Waals surface area contributed by atoms with Gasteiger partial charge in [0.05, 0.1) is 0 Å². The second-order valence-electron chi connectivity index (χ2n) is 7.25. The van der Waals surface area contributed by atoms with Gasteiger partial charge in [-0.1, -0.05) is 23.2 Å². The lowest BCUT2D eigenvalue weighted by Crippen LogP contribution is -2.49. The summed E-state index contributed by atoms with van der Waals surface area (Å²) in [7, 11) is 0. The predicted molar refractivity (Wildman–Crippen MR) is 109 cm³/mol. The Bertz CT molecular complexity index is 1420. The van der Waals surface area contributed by atoms with Crippen molar-refractivity contribution in [2.75, 3.05) is 12.3 Å². The van der Waals surface area contributed by atoms with Crippen LogP contribution in [0, 0.1) is 18.3 Å². The van der Waals surface area contributed by atoms with Crippen LogP contribution in [0.3, 0.4) is 0 Å². The molecule has 1 atom stereocenters. The van der Waals surface area contributed by atoms with Crippen molar-refractivity contribution < 1.29 is 14.0 Å². The minimum atomic E-state index is -0.359. The van der Waals surface area contributed by atoms with Crippen LogP contribution >= 0.6 is 0 Å². The summed E-state index contributed by atoms with van der Waals surface area (Å²) < 4.78 is 15.0. The number of para-hydroxylation sites is 2. The van der Waals surface area contributed by atoms with Crippen molar-refractivity contribution in [1.82, 2.24) is 9.38 Å². The molecule has 3 aromatic heterocycles. The molecule has 4 aromatic rings. The minimum Gasteiger partial charge on any atom is -0.486 e. The Hall–Kier alpha value is -4.12. The molecule has 1 aromatic carbocycles. The SMILES string of the molecule is Cc1ccc2nc3c(cc(C#N)c(N)[n+]3C[C@H]3COc4ccccc4O3)c(=O)n2c1. The molecule has 30 heavy (non-hydrogen) atoms. The summed E-state index contributed by atoms with van der Waals surface area (Å²) in [6.07, 6.45) is 1.37. The number of hydrogen-bond donors (Lipinski definition) is 1. The van der Waals surface area contributed by atoms with Gasteiger partial charge in [0.2, 0.25) is 11.5 Å².